The molecule has 2 rings (SSSR count). The highest BCUT2D eigenvalue weighted by Gasteiger charge is 2.11. The summed E-state index contributed by atoms with van der Waals surface area (Å²) in [5.41, 5.74) is 0.852. The zero-order valence-electron chi connectivity index (χ0n) is 8.34. The lowest BCUT2D eigenvalue weighted by Crippen LogP contribution is -2.08. The molecule has 4 nitrogen and oxygen atoms in total. The second-order valence-corrected chi connectivity index (χ2v) is 4.48. The number of aliphatic carboxylic acids is 1. The van der Waals surface area contributed by atoms with Crippen molar-refractivity contribution < 1.29 is 14.7 Å². The number of carboxylic acid groups (broad SMARTS) is 1. The third-order valence-electron chi connectivity index (χ3n) is 2.03. The highest BCUT2D eigenvalue weighted by Crippen LogP contribution is 2.22. The molecule has 0 atom stereocenters. The van der Waals surface area contributed by atoms with Crippen molar-refractivity contribution in [3.8, 4) is 0 Å². The van der Waals surface area contributed by atoms with E-state index in [1.807, 2.05) is 24.3 Å². The van der Waals surface area contributed by atoms with Crippen LogP contribution in [0.3, 0.4) is 0 Å². The fourth-order valence-corrected chi connectivity index (χ4v) is 2.39. The molecule has 0 amide bonds. The monoisotopic (exact) mass is 235 g/mol. The van der Waals surface area contributed by atoms with Gasteiger partial charge in [0.15, 0.2) is 5.78 Å². The summed E-state index contributed by atoms with van der Waals surface area (Å²) in [6.45, 7) is 0. The van der Waals surface area contributed by atoms with Gasteiger partial charge in [-0.25, -0.2) is 4.98 Å². The molecule has 0 fully saturated rings. The quantitative estimate of drug-likeness (QED) is 0.821. The molecule has 0 aliphatic heterocycles. The summed E-state index contributed by atoms with van der Waals surface area (Å²) in [5.74, 6) is -1.40. The van der Waals surface area contributed by atoms with E-state index in [4.69, 9.17) is 5.11 Å². The van der Waals surface area contributed by atoms with Crippen LogP contribution in [0.1, 0.15) is 11.4 Å². The Bertz CT molecular complexity index is 514. The number of ketones is 1. The summed E-state index contributed by atoms with van der Waals surface area (Å²) in [4.78, 5) is 25.9. The summed E-state index contributed by atoms with van der Waals surface area (Å²) in [7, 11) is 0. The van der Waals surface area contributed by atoms with E-state index in [0.717, 1.165) is 10.2 Å². The molecule has 1 aromatic carbocycles. The lowest BCUT2D eigenvalue weighted by atomic mass is 10.2. The number of hydrogen-bond donors (Lipinski definition) is 1. The Labute approximate surface area is 95.6 Å². The van der Waals surface area contributed by atoms with Gasteiger partial charge in [0.05, 0.1) is 16.6 Å². The SMILES string of the molecule is O=C(O)CC(=O)Cc1nc2ccccc2s1. The predicted molar refractivity (Wildman–Crippen MR) is 60.6 cm³/mol. The first-order chi connectivity index (χ1) is 7.65. The van der Waals surface area contributed by atoms with Crippen molar-refractivity contribution >= 4 is 33.3 Å². The third-order valence-corrected chi connectivity index (χ3v) is 3.07. The summed E-state index contributed by atoms with van der Waals surface area (Å²) in [6.07, 6.45) is -0.332. The van der Waals surface area contributed by atoms with Crippen molar-refractivity contribution in [2.24, 2.45) is 0 Å². The highest BCUT2D eigenvalue weighted by molar-refractivity contribution is 7.18. The highest BCUT2D eigenvalue weighted by atomic mass is 32.1. The molecule has 0 radical (unpaired) electrons. The van der Waals surface area contributed by atoms with Crippen LogP contribution in [-0.4, -0.2) is 21.8 Å². The minimum Gasteiger partial charge on any atom is -0.481 e. The van der Waals surface area contributed by atoms with Gasteiger partial charge in [-0.2, -0.15) is 0 Å². The first kappa shape index (κ1) is 10.8. The third kappa shape index (κ3) is 2.43. The first-order valence-electron chi connectivity index (χ1n) is 4.73. The van der Waals surface area contributed by atoms with Gasteiger partial charge in [0.1, 0.15) is 11.4 Å². The number of fused-ring (bicyclic) bond motifs is 1. The Morgan fingerprint density at radius 1 is 1.31 bits per heavy atom. The second-order valence-electron chi connectivity index (χ2n) is 3.36. The number of benzene rings is 1. The van der Waals surface area contributed by atoms with Crippen molar-refractivity contribution in [1.29, 1.82) is 0 Å². The smallest absolute Gasteiger partial charge is 0.310 e. The maximum atomic E-state index is 11.3. The number of aromatic nitrogens is 1. The Kier molecular flexibility index (Phi) is 2.96. The Hall–Kier alpha value is -1.75. The number of rotatable bonds is 4. The Morgan fingerprint density at radius 3 is 2.75 bits per heavy atom. The molecule has 0 bridgehead atoms. The van der Waals surface area contributed by atoms with Gasteiger partial charge < -0.3 is 5.11 Å². The zero-order valence-corrected chi connectivity index (χ0v) is 9.16. The molecule has 1 heterocycles. The number of para-hydroxylation sites is 1. The molecule has 0 saturated heterocycles. The Balaban J connectivity index is 2.15. The minimum absolute atomic E-state index is 0.103. The van der Waals surface area contributed by atoms with Gasteiger partial charge in [-0.15, -0.1) is 11.3 Å². The van der Waals surface area contributed by atoms with Crippen molar-refractivity contribution in [3.05, 3.63) is 29.3 Å². The van der Waals surface area contributed by atoms with Crippen molar-refractivity contribution in [2.45, 2.75) is 12.8 Å². The standard InChI is InChI=1S/C11H9NO3S/c13-7(6-11(14)15)5-10-12-8-3-1-2-4-9(8)16-10/h1-4H,5-6H2,(H,14,15). The molecule has 82 valence electrons. The van der Waals surface area contributed by atoms with Crippen LogP contribution in [0, 0.1) is 0 Å². The number of carboxylic acids is 1. The lowest BCUT2D eigenvalue weighted by molar-refractivity contribution is -0.140. The van der Waals surface area contributed by atoms with E-state index in [1.54, 1.807) is 0 Å². The number of Topliss-reactive ketones (excluding diaryl/α,β-unsaturated/α-hetero) is 1. The molecule has 1 N–H and O–H groups in total. The van der Waals surface area contributed by atoms with Crippen LogP contribution in [-0.2, 0) is 16.0 Å². The van der Waals surface area contributed by atoms with E-state index in [2.05, 4.69) is 4.98 Å². The summed E-state index contributed by atoms with van der Waals surface area (Å²) < 4.78 is 1.01. The molecule has 0 spiro atoms. The van der Waals surface area contributed by atoms with Gasteiger partial charge in [-0.3, -0.25) is 9.59 Å². The van der Waals surface area contributed by atoms with Crippen LogP contribution in [0.15, 0.2) is 24.3 Å². The van der Waals surface area contributed by atoms with E-state index < -0.39 is 12.4 Å². The van der Waals surface area contributed by atoms with Gasteiger partial charge in [0.25, 0.3) is 0 Å². The number of hydrogen-bond acceptors (Lipinski definition) is 4. The first-order valence-corrected chi connectivity index (χ1v) is 5.55. The van der Waals surface area contributed by atoms with Gasteiger partial charge in [0, 0.05) is 0 Å². The van der Waals surface area contributed by atoms with Crippen molar-refractivity contribution in [3.63, 3.8) is 0 Å². The molecule has 0 aliphatic carbocycles. The molecule has 0 aliphatic rings. The molecule has 5 heteroatoms. The summed E-state index contributed by atoms with van der Waals surface area (Å²) >= 11 is 1.43. The van der Waals surface area contributed by atoms with Crippen LogP contribution in [0.2, 0.25) is 0 Å². The van der Waals surface area contributed by atoms with Crippen LogP contribution < -0.4 is 0 Å². The van der Waals surface area contributed by atoms with Crippen LogP contribution >= 0.6 is 11.3 Å². The molecule has 2 aromatic rings. The lowest BCUT2D eigenvalue weighted by Gasteiger charge is -1.92. The fraction of sp³-hybridized carbons (Fsp3) is 0.182. The molecule has 1 aromatic heterocycles. The minimum atomic E-state index is -1.09. The summed E-state index contributed by atoms with van der Waals surface area (Å²) in [5, 5.41) is 9.14. The summed E-state index contributed by atoms with van der Waals surface area (Å²) in [6, 6.07) is 7.59. The van der Waals surface area contributed by atoms with Gasteiger partial charge in [-0.1, -0.05) is 12.1 Å². The van der Waals surface area contributed by atoms with E-state index in [9.17, 15) is 9.59 Å². The second kappa shape index (κ2) is 4.40. The Morgan fingerprint density at radius 2 is 2.06 bits per heavy atom. The van der Waals surface area contributed by atoms with E-state index in [1.165, 1.54) is 11.3 Å². The molecule has 0 unspecified atom stereocenters. The number of carbonyl (C=O) groups excluding carboxylic acids is 1. The zero-order chi connectivity index (χ0) is 11.5. The van der Waals surface area contributed by atoms with E-state index in [0.29, 0.717) is 5.01 Å². The molecule has 16 heavy (non-hydrogen) atoms. The number of carbonyl (C=O) groups is 2. The predicted octanol–water partition coefficient (Wildman–Crippen LogP) is 1.88. The average Bonchev–Trinajstić information content (AvgIpc) is 2.57. The van der Waals surface area contributed by atoms with Crippen LogP contribution in [0.25, 0.3) is 10.2 Å². The van der Waals surface area contributed by atoms with E-state index >= 15 is 0 Å². The number of nitrogens with zero attached hydrogens (tertiary/aromatic N) is 1. The van der Waals surface area contributed by atoms with Crippen LogP contribution in [0.4, 0.5) is 0 Å². The molecular weight excluding hydrogens is 226 g/mol. The van der Waals surface area contributed by atoms with Gasteiger partial charge >= 0.3 is 5.97 Å². The van der Waals surface area contributed by atoms with Crippen molar-refractivity contribution in [1.82, 2.24) is 4.98 Å². The van der Waals surface area contributed by atoms with Crippen molar-refractivity contribution in [2.75, 3.05) is 0 Å². The van der Waals surface area contributed by atoms with E-state index in [-0.39, 0.29) is 12.2 Å². The fourth-order valence-electron chi connectivity index (χ4n) is 1.40. The molecule has 0 saturated carbocycles. The maximum Gasteiger partial charge on any atom is 0.310 e. The average molecular weight is 235 g/mol. The topological polar surface area (TPSA) is 67.3 Å². The largest absolute Gasteiger partial charge is 0.481 e. The number of thiazole rings is 1. The normalized spacial score (nSPS) is 10.5. The van der Waals surface area contributed by atoms with Crippen LogP contribution in [0.5, 0.6) is 0 Å². The maximum absolute atomic E-state index is 11.3. The van der Waals surface area contributed by atoms with Gasteiger partial charge in [0.2, 0.25) is 0 Å². The van der Waals surface area contributed by atoms with Gasteiger partial charge in [-0.05, 0) is 12.1 Å². The molecular formula is C11H9NO3S.